The lowest BCUT2D eigenvalue weighted by molar-refractivity contribution is -0.139. The van der Waals surface area contributed by atoms with E-state index in [0.29, 0.717) is 17.8 Å². The SMILES string of the molecule is COC(=O)C1=C(C)NC2=C(C(=O)CC(C)(C)C2)[C@H]1c1ccccc1C(F)(F)F. The number of carbonyl (C=O) groups is 2. The predicted octanol–water partition coefficient (Wildman–Crippen LogP) is 4.48. The molecule has 4 nitrogen and oxygen atoms in total. The predicted molar refractivity (Wildman–Crippen MR) is 97.1 cm³/mol. The number of allylic oxidation sites excluding steroid dienone is 3. The van der Waals surface area contributed by atoms with Crippen LogP contribution >= 0.6 is 0 Å². The second-order valence-electron chi connectivity index (χ2n) is 8.01. The fourth-order valence-corrected chi connectivity index (χ4v) is 4.13. The van der Waals surface area contributed by atoms with Crippen LogP contribution in [-0.2, 0) is 20.5 Å². The third-order valence-corrected chi connectivity index (χ3v) is 5.22. The van der Waals surface area contributed by atoms with Crippen LogP contribution < -0.4 is 5.32 Å². The van der Waals surface area contributed by atoms with Gasteiger partial charge in [0.1, 0.15) is 0 Å². The lowest BCUT2D eigenvalue weighted by atomic mass is 9.68. The molecule has 1 aromatic carbocycles. The van der Waals surface area contributed by atoms with E-state index in [2.05, 4.69) is 5.32 Å². The molecule has 0 radical (unpaired) electrons. The molecule has 0 saturated heterocycles. The molecule has 0 saturated carbocycles. The fourth-order valence-electron chi connectivity index (χ4n) is 4.13. The Morgan fingerprint density at radius 1 is 1.21 bits per heavy atom. The Hall–Kier alpha value is -2.57. The molecule has 7 heteroatoms. The lowest BCUT2D eigenvalue weighted by Crippen LogP contribution is -2.39. The number of hydrogen-bond acceptors (Lipinski definition) is 4. The average molecular weight is 393 g/mol. The summed E-state index contributed by atoms with van der Waals surface area (Å²) in [5.74, 6) is -2.13. The molecule has 0 spiro atoms. The van der Waals surface area contributed by atoms with E-state index in [-0.39, 0.29) is 34.3 Å². The number of benzene rings is 1. The van der Waals surface area contributed by atoms with Crippen molar-refractivity contribution in [1.29, 1.82) is 0 Å². The lowest BCUT2D eigenvalue weighted by Gasteiger charge is -2.39. The van der Waals surface area contributed by atoms with Crippen LogP contribution in [0.1, 0.15) is 50.7 Å². The monoisotopic (exact) mass is 393 g/mol. The van der Waals surface area contributed by atoms with E-state index in [1.807, 2.05) is 13.8 Å². The maximum atomic E-state index is 13.7. The minimum atomic E-state index is -4.62. The molecule has 1 aliphatic carbocycles. The summed E-state index contributed by atoms with van der Waals surface area (Å²) in [6.45, 7) is 5.49. The van der Waals surface area contributed by atoms with Crippen LogP contribution in [0.2, 0.25) is 0 Å². The van der Waals surface area contributed by atoms with Crippen molar-refractivity contribution in [3.05, 3.63) is 57.9 Å². The highest BCUT2D eigenvalue weighted by molar-refractivity contribution is 6.04. The van der Waals surface area contributed by atoms with Gasteiger partial charge in [0, 0.05) is 29.3 Å². The molecule has 150 valence electrons. The molecule has 0 unspecified atom stereocenters. The number of carbonyl (C=O) groups excluding carboxylic acids is 2. The Bertz CT molecular complexity index is 910. The van der Waals surface area contributed by atoms with E-state index in [1.54, 1.807) is 6.92 Å². The molecule has 1 aromatic rings. The van der Waals surface area contributed by atoms with Crippen molar-refractivity contribution in [2.24, 2.45) is 5.41 Å². The van der Waals surface area contributed by atoms with Crippen molar-refractivity contribution in [2.45, 2.75) is 45.7 Å². The molecule has 1 N–H and O–H groups in total. The van der Waals surface area contributed by atoms with Gasteiger partial charge in [0.05, 0.1) is 18.2 Å². The highest BCUT2D eigenvalue weighted by Gasteiger charge is 2.45. The normalized spacial score (nSPS) is 22.0. The number of dihydropyridines is 1. The van der Waals surface area contributed by atoms with Crippen molar-refractivity contribution in [2.75, 3.05) is 7.11 Å². The molecular weight excluding hydrogens is 371 g/mol. The van der Waals surface area contributed by atoms with Gasteiger partial charge in [-0.1, -0.05) is 32.0 Å². The molecule has 0 bridgehead atoms. The van der Waals surface area contributed by atoms with Gasteiger partial charge in [-0.25, -0.2) is 4.79 Å². The average Bonchev–Trinajstić information content (AvgIpc) is 2.58. The first kappa shape index (κ1) is 20.2. The van der Waals surface area contributed by atoms with Gasteiger partial charge in [-0.05, 0) is 30.4 Å². The first-order valence-corrected chi connectivity index (χ1v) is 8.95. The van der Waals surface area contributed by atoms with Crippen LogP contribution in [0.5, 0.6) is 0 Å². The number of rotatable bonds is 2. The number of hydrogen-bond donors (Lipinski definition) is 1. The summed E-state index contributed by atoms with van der Waals surface area (Å²) in [7, 11) is 1.17. The summed E-state index contributed by atoms with van der Waals surface area (Å²) in [4.78, 5) is 25.5. The minimum absolute atomic E-state index is 0.0333. The van der Waals surface area contributed by atoms with Gasteiger partial charge < -0.3 is 10.1 Å². The Labute approximate surface area is 161 Å². The summed E-state index contributed by atoms with van der Waals surface area (Å²) >= 11 is 0. The summed E-state index contributed by atoms with van der Waals surface area (Å²) in [6, 6.07) is 5.07. The number of esters is 1. The van der Waals surface area contributed by atoms with Gasteiger partial charge in [-0.2, -0.15) is 13.2 Å². The molecule has 0 aromatic heterocycles. The minimum Gasteiger partial charge on any atom is -0.466 e. The number of methoxy groups -OCH3 is 1. The smallest absolute Gasteiger partial charge is 0.416 e. The van der Waals surface area contributed by atoms with Crippen LogP contribution in [0.15, 0.2) is 46.8 Å². The second kappa shape index (κ2) is 6.79. The number of alkyl halides is 3. The first-order valence-electron chi connectivity index (χ1n) is 8.95. The maximum absolute atomic E-state index is 13.7. The van der Waals surface area contributed by atoms with E-state index in [4.69, 9.17) is 4.74 Å². The zero-order chi connectivity index (χ0) is 20.9. The highest BCUT2D eigenvalue weighted by atomic mass is 19.4. The number of Topliss-reactive ketones (excluding diaryl/α,β-unsaturated/α-hetero) is 1. The molecule has 0 amide bonds. The van der Waals surface area contributed by atoms with Crippen LogP contribution in [0, 0.1) is 5.41 Å². The van der Waals surface area contributed by atoms with Crippen molar-refractivity contribution >= 4 is 11.8 Å². The Balaban J connectivity index is 2.30. The molecule has 0 fully saturated rings. The molecule has 28 heavy (non-hydrogen) atoms. The summed E-state index contributed by atoms with van der Waals surface area (Å²) < 4.78 is 46.0. The molecule has 1 atom stereocenters. The number of nitrogens with one attached hydrogen (secondary N) is 1. The quantitative estimate of drug-likeness (QED) is 0.753. The van der Waals surface area contributed by atoms with Crippen molar-refractivity contribution in [3.8, 4) is 0 Å². The van der Waals surface area contributed by atoms with Gasteiger partial charge in [0.15, 0.2) is 5.78 Å². The number of ether oxygens (including phenoxy) is 1. The van der Waals surface area contributed by atoms with E-state index in [0.717, 1.165) is 6.07 Å². The van der Waals surface area contributed by atoms with Gasteiger partial charge in [0.25, 0.3) is 0 Å². The van der Waals surface area contributed by atoms with E-state index < -0.39 is 23.6 Å². The van der Waals surface area contributed by atoms with Gasteiger partial charge in [-0.15, -0.1) is 0 Å². The van der Waals surface area contributed by atoms with E-state index >= 15 is 0 Å². The fraction of sp³-hybridized carbons (Fsp3) is 0.429. The van der Waals surface area contributed by atoms with Crippen LogP contribution in [0.3, 0.4) is 0 Å². The molecule has 2 aliphatic rings. The zero-order valence-electron chi connectivity index (χ0n) is 16.2. The maximum Gasteiger partial charge on any atom is 0.416 e. The Morgan fingerprint density at radius 2 is 1.86 bits per heavy atom. The Morgan fingerprint density at radius 3 is 2.46 bits per heavy atom. The van der Waals surface area contributed by atoms with Crippen LogP contribution in [0.25, 0.3) is 0 Å². The topological polar surface area (TPSA) is 55.4 Å². The summed E-state index contributed by atoms with van der Waals surface area (Å²) in [5.41, 5.74) is -0.0584. The van der Waals surface area contributed by atoms with Crippen LogP contribution in [-0.4, -0.2) is 18.9 Å². The molecular formula is C21H22F3NO3. The third-order valence-electron chi connectivity index (χ3n) is 5.22. The number of halogens is 3. The zero-order valence-corrected chi connectivity index (χ0v) is 16.2. The second-order valence-corrected chi connectivity index (χ2v) is 8.01. The Kier molecular flexibility index (Phi) is 4.89. The molecule has 3 rings (SSSR count). The number of ketones is 1. The van der Waals surface area contributed by atoms with Gasteiger partial charge >= 0.3 is 12.1 Å². The van der Waals surface area contributed by atoms with Gasteiger partial charge in [0.2, 0.25) is 0 Å². The highest BCUT2D eigenvalue weighted by Crippen LogP contribution is 2.49. The van der Waals surface area contributed by atoms with E-state index in [9.17, 15) is 22.8 Å². The molecule has 1 aliphatic heterocycles. The standard InChI is InChI=1S/C21H22F3NO3/c1-11-16(19(27)28-4)17(12-7-5-6-8-13(12)21(22,23)24)18-14(25-11)9-20(2,3)10-15(18)26/h5-8,17,25H,9-10H2,1-4H3/t17-/m0/s1. The summed E-state index contributed by atoms with van der Waals surface area (Å²) in [5, 5.41) is 3.08. The largest absolute Gasteiger partial charge is 0.466 e. The van der Waals surface area contributed by atoms with Crippen LogP contribution in [0.4, 0.5) is 13.2 Å². The first-order chi connectivity index (χ1) is 13.0. The van der Waals surface area contributed by atoms with Crippen molar-refractivity contribution < 1.29 is 27.5 Å². The molecule has 1 heterocycles. The van der Waals surface area contributed by atoms with Crippen molar-refractivity contribution in [1.82, 2.24) is 5.32 Å². The van der Waals surface area contributed by atoms with E-state index in [1.165, 1.54) is 25.3 Å². The summed E-state index contributed by atoms with van der Waals surface area (Å²) in [6.07, 6.45) is -3.91. The third kappa shape index (κ3) is 3.45. The van der Waals surface area contributed by atoms with Crippen molar-refractivity contribution in [3.63, 3.8) is 0 Å². The van der Waals surface area contributed by atoms with Gasteiger partial charge in [-0.3, -0.25) is 4.79 Å².